The molecule has 1 saturated heterocycles. The number of fused-ring (bicyclic) bond motifs is 1. The van der Waals surface area contributed by atoms with Crippen LogP contribution >= 0.6 is 11.3 Å². The van der Waals surface area contributed by atoms with Gasteiger partial charge in [0, 0.05) is 55.3 Å². The summed E-state index contributed by atoms with van der Waals surface area (Å²) in [4.78, 5) is 13.2. The van der Waals surface area contributed by atoms with Gasteiger partial charge in [-0.2, -0.15) is 14.0 Å². The number of thiazole rings is 1. The first-order chi connectivity index (χ1) is 23.1. The maximum absolute atomic E-state index is 16.1. The fraction of sp³-hybridized carbons (Fsp3) is 0.212. The van der Waals surface area contributed by atoms with Crippen LogP contribution in [-0.2, 0) is 18.1 Å². The smallest absolute Gasteiger partial charge is 0.323 e. The standard InChI is InChI=1S/C33H25F4N9OS/c34-24-5-8-26(27(35)16-24)32(47,19-46-20-40-42-43-46)33(36,37)30-10-4-23(18-39-30)22-2-6-25(7-3-22)44-11-13-45(14-12-44)31-41-28-9-1-21(17-38)15-29(28)48-31/h1-10,15-16,18,20,47H,11-14,19H2. The molecule has 0 saturated carbocycles. The summed E-state index contributed by atoms with van der Waals surface area (Å²) in [6, 6.07) is 19.8. The predicted octanol–water partition coefficient (Wildman–Crippen LogP) is 5.50. The number of nitriles is 1. The predicted molar refractivity (Wildman–Crippen MR) is 170 cm³/mol. The topological polar surface area (TPSA) is 120 Å². The molecule has 7 rings (SSSR count). The van der Waals surface area contributed by atoms with E-state index in [0.717, 1.165) is 82.0 Å². The Bertz CT molecular complexity index is 2110. The number of benzene rings is 3. The summed E-state index contributed by atoms with van der Waals surface area (Å²) in [6.45, 7) is 2.15. The number of tetrazole rings is 1. The van der Waals surface area contributed by atoms with Crippen molar-refractivity contribution in [3.63, 3.8) is 0 Å². The third-order valence-electron chi connectivity index (χ3n) is 8.39. The van der Waals surface area contributed by atoms with Gasteiger partial charge in [0.2, 0.25) is 0 Å². The molecule has 6 aromatic rings. The van der Waals surface area contributed by atoms with E-state index >= 15 is 8.78 Å². The molecule has 1 aliphatic rings. The third-order valence-corrected chi connectivity index (χ3v) is 9.46. The molecule has 3 aromatic heterocycles. The van der Waals surface area contributed by atoms with Gasteiger partial charge in [-0.05, 0) is 64.5 Å². The Balaban J connectivity index is 1.06. The van der Waals surface area contributed by atoms with Crippen molar-refractivity contribution in [2.75, 3.05) is 36.0 Å². The maximum Gasteiger partial charge on any atom is 0.323 e. The van der Waals surface area contributed by atoms with E-state index in [1.54, 1.807) is 17.4 Å². The fourth-order valence-electron chi connectivity index (χ4n) is 5.77. The van der Waals surface area contributed by atoms with Crippen LogP contribution < -0.4 is 9.80 Å². The number of aromatic nitrogens is 6. The number of alkyl halides is 2. The third kappa shape index (κ3) is 5.69. The molecule has 0 spiro atoms. The lowest BCUT2D eigenvalue weighted by molar-refractivity contribution is -0.207. The largest absolute Gasteiger partial charge is 0.377 e. The van der Waals surface area contributed by atoms with Crippen molar-refractivity contribution in [3.05, 3.63) is 114 Å². The molecule has 4 heterocycles. The molecule has 1 fully saturated rings. The van der Waals surface area contributed by atoms with Gasteiger partial charge in [-0.1, -0.05) is 29.5 Å². The van der Waals surface area contributed by atoms with Gasteiger partial charge in [-0.25, -0.2) is 18.4 Å². The lowest BCUT2D eigenvalue weighted by Crippen LogP contribution is -2.48. The summed E-state index contributed by atoms with van der Waals surface area (Å²) in [7, 11) is 0. The van der Waals surface area contributed by atoms with Crippen LogP contribution in [0.1, 0.15) is 16.8 Å². The number of halogens is 4. The molecule has 1 unspecified atom stereocenters. The zero-order valence-electron chi connectivity index (χ0n) is 25.0. The highest BCUT2D eigenvalue weighted by Gasteiger charge is 2.58. The molecule has 0 amide bonds. The molecule has 0 radical (unpaired) electrons. The van der Waals surface area contributed by atoms with E-state index in [2.05, 4.69) is 36.4 Å². The number of rotatable bonds is 8. The summed E-state index contributed by atoms with van der Waals surface area (Å²) in [5.74, 6) is -6.48. The summed E-state index contributed by atoms with van der Waals surface area (Å²) >= 11 is 1.57. The first-order valence-electron chi connectivity index (χ1n) is 14.8. The van der Waals surface area contributed by atoms with Crippen LogP contribution in [0.15, 0.2) is 85.3 Å². The van der Waals surface area contributed by atoms with Crippen LogP contribution in [0.25, 0.3) is 21.3 Å². The first-order valence-corrected chi connectivity index (χ1v) is 15.6. The van der Waals surface area contributed by atoms with Crippen LogP contribution in [0, 0.1) is 23.0 Å². The molecular formula is C33H25F4N9OS. The number of hydrogen-bond acceptors (Lipinski definition) is 10. The quantitative estimate of drug-likeness (QED) is 0.209. The average Bonchev–Trinajstić information content (AvgIpc) is 3.78. The van der Waals surface area contributed by atoms with Crippen LogP contribution in [0.4, 0.5) is 28.4 Å². The number of piperazine rings is 1. The fourth-order valence-corrected chi connectivity index (χ4v) is 6.82. The Morgan fingerprint density at radius 1 is 0.896 bits per heavy atom. The summed E-state index contributed by atoms with van der Waals surface area (Å²) in [6.07, 6.45) is 2.25. The van der Waals surface area contributed by atoms with Crippen molar-refractivity contribution in [3.8, 4) is 17.2 Å². The monoisotopic (exact) mass is 671 g/mol. The van der Waals surface area contributed by atoms with Gasteiger partial charge in [-0.3, -0.25) is 4.98 Å². The molecular weight excluding hydrogens is 646 g/mol. The average molecular weight is 672 g/mol. The van der Waals surface area contributed by atoms with E-state index < -0.39 is 41.0 Å². The molecule has 10 nitrogen and oxygen atoms in total. The lowest BCUT2D eigenvalue weighted by atomic mass is 9.84. The van der Waals surface area contributed by atoms with Crippen molar-refractivity contribution in [1.29, 1.82) is 5.26 Å². The number of aliphatic hydroxyl groups is 1. The van der Waals surface area contributed by atoms with Crippen molar-refractivity contribution < 1.29 is 22.7 Å². The summed E-state index contributed by atoms with van der Waals surface area (Å²) < 4.78 is 62.4. The molecule has 0 aliphatic carbocycles. The molecule has 1 N–H and O–H groups in total. The van der Waals surface area contributed by atoms with E-state index in [4.69, 9.17) is 4.98 Å². The summed E-state index contributed by atoms with van der Waals surface area (Å²) in [5.41, 5.74) is -1.09. The molecule has 48 heavy (non-hydrogen) atoms. The number of pyridine rings is 1. The van der Waals surface area contributed by atoms with Gasteiger partial charge in [0.25, 0.3) is 0 Å². The highest BCUT2D eigenvalue weighted by molar-refractivity contribution is 7.22. The van der Waals surface area contributed by atoms with Crippen molar-refractivity contribution >= 4 is 32.4 Å². The molecule has 242 valence electrons. The summed E-state index contributed by atoms with van der Waals surface area (Å²) in [5, 5.41) is 31.8. The van der Waals surface area contributed by atoms with Crippen molar-refractivity contribution in [2.24, 2.45) is 0 Å². The van der Waals surface area contributed by atoms with Gasteiger partial charge in [0.15, 0.2) is 10.7 Å². The van der Waals surface area contributed by atoms with Gasteiger partial charge >= 0.3 is 5.92 Å². The van der Waals surface area contributed by atoms with Crippen molar-refractivity contribution in [2.45, 2.75) is 18.1 Å². The van der Waals surface area contributed by atoms with Crippen LogP contribution in [0.3, 0.4) is 0 Å². The second kappa shape index (κ2) is 12.3. The molecule has 0 bridgehead atoms. The number of hydrogen-bond donors (Lipinski definition) is 1. The zero-order valence-corrected chi connectivity index (χ0v) is 25.8. The number of anilines is 2. The van der Waals surface area contributed by atoms with Crippen molar-refractivity contribution in [1.82, 2.24) is 30.2 Å². The van der Waals surface area contributed by atoms with Crippen LogP contribution in [-0.4, -0.2) is 61.5 Å². The van der Waals surface area contributed by atoms with E-state index in [1.807, 2.05) is 36.4 Å². The second-order valence-corrected chi connectivity index (χ2v) is 12.3. The second-order valence-electron chi connectivity index (χ2n) is 11.3. The SMILES string of the molecule is N#Cc1ccc2nc(N3CCN(c4ccc(-c5ccc(C(F)(F)C(O)(Cn6cnnn6)c6ccc(F)cc6F)nc5)cc4)CC3)sc2c1. The Hall–Kier alpha value is -5.46. The van der Waals surface area contributed by atoms with Crippen LogP contribution in [0.2, 0.25) is 0 Å². The lowest BCUT2D eigenvalue weighted by Gasteiger charge is -2.36. The highest BCUT2D eigenvalue weighted by atomic mass is 32.1. The minimum atomic E-state index is -4.15. The normalized spacial score (nSPS) is 15.0. The van der Waals surface area contributed by atoms with E-state index in [-0.39, 0.29) is 0 Å². The zero-order chi connectivity index (χ0) is 33.5. The van der Waals surface area contributed by atoms with Crippen LogP contribution in [0.5, 0.6) is 0 Å². The maximum atomic E-state index is 16.1. The van der Waals surface area contributed by atoms with Gasteiger partial charge in [0.1, 0.15) is 23.7 Å². The highest BCUT2D eigenvalue weighted by Crippen LogP contribution is 2.47. The minimum Gasteiger partial charge on any atom is -0.377 e. The first kappa shape index (κ1) is 31.2. The minimum absolute atomic E-state index is 0.422. The van der Waals surface area contributed by atoms with Gasteiger partial charge < -0.3 is 14.9 Å². The molecule has 3 aromatic carbocycles. The Labute approximate surface area is 275 Å². The van der Waals surface area contributed by atoms with Gasteiger partial charge in [-0.15, -0.1) is 5.10 Å². The molecule has 1 aliphatic heterocycles. The molecule has 1 atom stereocenters. The van der Waals surface area contributed by atoms with E-state index in [9.17, 15) is 19.1 Å². The Morgan fingerprint density at radius 3 is 2.31 bits per heavy atom. The van der Waals surface area contributed by atoms with E-state index in [1.165, 1.54) is 12.3 Å². The van der Waals surface area contributed by atoms with Gasteiger partial charge in [0.05, 0.1) is 28.4 Å². The Morgan fingerprint density at radius 2 is 1.65 bits per heavy atom. The number of nitrogens with zero attached hydrogens (tertiary/aromatic N) is 9. The molecule has 15 heteroatoms. The Kier molecular flexibility index (Phi) is 7.98. The van der Waals surface area contributed by atoms with E-state index in [0.29, 0.717) is 17.2 Å².